The predicted molar refractivity (Wildman–Crippen MR) is 108 cm³/mol. The van der Waals surface area contributed by atoms with E-state index in [9.17, 15) is 9.59 Å². The SMILES string of the molecule is Cc1cccc(C(=O)N2CCC(NC(=O)c3ccc(N(C)C)cc3)CC2)c1. The van der Waals surface area contributed by atoms with Gasteiger partial charge in [0, 0.05) is 50.0 Å². The molecule has 0 aliphatic carbocycles. The van der Waals surface area contributed by atoms with Crippen molar-refractivity contribution >= 4 is 17.5 Å². The molecule has 5 nitrogen and oxygen atoms in total. The van der Waals surface area contributed by atoms with E-state index >= 15 is 0 Å². The van der Waals surface area contributed by atoms with Gasteiger partial charge in [0.2, 0.25) is 0 Å². The molecule has 0 radical (unpaired) electrons. The van der Waals surface area contributed by atoms with Gasteiger partial charge in [-0.2, -0.15) is 0 Å². The lowest BCUT2D eigenvalue weighted by atomic mass is 10.0. The summed E-state index contributed by atoms with van der Waals surface area (Å²) in [5, 5.41) is 3.10. The van der Waals surface area contributed by atoms with Crippen LogP contribution in [-0.4, -0.2) is 49.9 Å². The lowest BCUT2D eigenvalue weighted by Crippen LogP contribution is -2.46. The van der Waals surface area contributed by atoms with Crippen molar-refractivity contribution in [2.45, 2.75) is 25.8 Å². The molecule has 2 aromatic carbocycles. The molecule has 1 fully saturated rings. The Morgan fingerprint density at radius 2 is 1.67 bits per heavy atom. The maximum Gasteiger partial charge on any atom is 0.253 e. The third-order valence-electron chi connectivity index (χ3n) is 5.03. The van der Waals surface area contributed by atoms with Crippen LogP contribution in [-0.2, 0) is 0 Å². The molecule has 3 rings (SSSR count). The van der Waals surface area contributed by atoms with Gasteiger partial charge >= 0.3 is 0 Å². The maximum atomic E-state index is 12.6. The number of anilines is 1. The Morgan fingerprint density at radius 1 is 1.00 bits per heavy atom. The van der Waals surface area contributed by atoms with Gasteiger partial charge in [-0.25, -0.2) is 0 Å². The summed E-state index contributed by atoms with van der Waals surface area (Å²) < 4.78 is 0. The summed E-state index contributed by atoms with van der Waals surface area (Å²) >= 11 is 0. The number of aryl methyl sites for hydroxylation is 1. The van der Waals surface area contributed by atoms with Gasteiger partial charge in [0.05, 0.1) is 0 Å². The monoisotopic (exact) mass is 365 g/mol. The minimum absolute atomic E-state index is 0.0521. The molecule has 1 N–H and O–H groups in total. The molecular formula is C22H27N3O2. The van der Waals surface area contributed by atoms with E-state index in [4.69, 9.17) is 0 Å². The van der Waals surface area contributed by atoms with Gasteiger partial charge in [0.1, 0.15) is 0 Å². The van der Waals surface area contributed by atoms with Crippen LogP contribution in [0.2, 0.25) is 0 Å². The number of likely N-dealkylation sites (tertiary alicyclic amines) is 1. The Labute approximate surface area is 161 Å². The molecule has 0 aromatic heterocycles. The minimum atomic E-state index is -0.0521. The first kappa shape index (κ1) is 19.0. The molecule has 2 amide bonds. The Hall–Kier alpha value is -2.82. The maximum absolute atomic E-state index is 12.6. The summed E-state index contributed by atoms with van der Waals surface area (Å²) in [6.45, 7) is 3.32. The van der Waals surface area contributed by atoms with Crippen molar-refractivity contribution in [3.8, 4) is 0 Å². The van der Waals surface area contributed by atoms with Crippen LogP contribution in [0.15, 0.2) is 48.5 Å². The average molecular weight is 365 g/mol. The van der Waals surface area contributed by atoms with Gasteiger partial charge in [0.25, 0.3) is 11.8 Å². The van der Waals surface area contributed by atoms with Crippen molar-refractivity contribution in [3.63, 3.8) is 0 Å². The zero-order chi connectivity index (χ0) is 19.4. The third-order valence-corrected chi connectivity index (χ3v) is 5.03. The fourth-order valence-electron chi connectivity index (χ4n) is 3.37. The van der Waals surface area contributed by atoms with Crippen molar-refractivity contribution in [2.24, 2.45) is 0 Å². The predicted octanol–water partition coefficient (Wildman–Crippen LogP) is 3.10. The van der Waals surface area contributed by atoms with Crippen molar-refractivity contribution in [3.05, 3.63) is 65.2 Å². The van der Waals surface area contributed by atoms with Crippen molar-refractivity contribution in [1.82, 2.24) is 10.2 Å². The Bertz CT molecular complexity index is 807. The second-order valence-electron chi connectivity index (χ2n) is 7.35. The first-order chi connectivity index (χ1) is 12.9. The molecule has 2 aromatic rings. The van der Waals surface area contributed by atoms with Gasteiger partial charge in [-0.05, 0) is 56.2 Å². The lowest BCUT2D eigenvalue weighted by molar-refractivity contribution is 0.0698. The van der Waals surface area contributed by atoms with E-state index < -0.39 is 0 Å². The third kappa shape index (κ3) is 4.67. The van der Waals surface area contributed by atoms with Crippen LogP contribution in [0.3, 0.4) is 0 Å². The molecule has 0 unspecified atom stereocenters. The Kier molecular flexibility index (Phi) is 5.79. The highest BCUT2D eigenvalue weighted by atomic mass is 16.2. The summed E-state index contributed by atoms with van der Waals surface area (Å²) in [7, 11) is 3.95. The first-order valence-electron chi connectivity index (χ1n) is 9.38. The Balaban J connectivity index is 1.53. The van der Waals surface area contributed by atoms with Crippen LogP contribution in [0.5, 0.6) is 0 Å². The molecule has 142 valence electrons. The quantitative estimate of drug-likeness (QED) is 0.906. The van der Waals surface area contributed by atoms with E-state index in [0.717, 1.165) is 29.7 Å². The van der Waals surface area contributed by atoms with Crippen LogP contribution >= 0.6 is 0 Å². The van der Waals surface area contributed by atoms with E-state index in [1.165, 1.54) is 0 Å². The molecule has 5 heteroatoms. The summed E-state index contributed by atoms with van der Waals surface area (Å²) in [6, 6.07) is 15.4. The smallest absolute Gasteiger partial charge is 0.253 e. The molecule has 0 saturated carbocycles. The van der Waals surface area contributed by atoms with Crippen molar-refractivity contribution in [1.29, 1.82) is 0 Å². The number of nitrogens with zero attached hydrogens (tertiary/aromatic N) is 2. The van der Waals surface area contributed by atoms with Gasteiger partial charge in [-0.15, -0.1) is 0 Å². The highest BCUT2D eigenvalue weighted by Gasteiger charge is 2.24. The van der Waals surface area contributed by atoms with Crippen LogP contribution in [0, 0.1) is 6.92 Å². The fraction of sp³-hybridized carbons (Fsp3) is 0.364. The second-order valence-corrected chi connectivity index (χ2v) is 7.35. The molecular weight excluding hydrogens is 338 g/mol. The first-order valence-corrected chi connectivity index (χ1v) is 9.38. The van der Waals surface area contributed by atoms with E-state index in [-0.39, 0.29) is 17.9 Å². The number of carbonyl (C=O) groups excluding carboxylic acids is 2. The van der Waals surface area contributed by atoms with E-state index in [1.807, 2.05) is 79.3 Å². The second kappa shape index (κ2) is 8.25. The molecule has 1 aliphatic rings. The Morgan fingerprint density at radius 3 is 2.26 bits per heavy atom. The number of nitrogens with one attached hydrogen (secondary N) is 1. The van der Waals surface area contributed by atoms with Gasteiger partial charge in [-0.3, -0.25) is 9.59 Å². The standard InChI is InChI=1S/C22H27N3O2/c1-16-5-4-6-18(15-16)22(27)25-13-11-19(12-14-25)23-21(26)17-7-9-20(10-8-17)24(2)3/h4-10,15,19H,11-14H2,1-3H3,(H,23,26). The summed E-state index contributed by atoms with van der Waals surface area (Å²) in [5.41, 5.74) is 3.55. The van der Waals surface area contributed by atoms with Crippen LogP contribution in [0.4, 0.5) is 5.69 Å². The van der Waals surface area contributed by atoms with E-state index in [1.54, 1.807) is 0 Å². The minimum Gasteiger partial charge on any atom is -0.378 e. The fourth-order valence-corrected chi connectivity index (χ4v) is 3.37. The number of carbonyl (C=O) groups is 2. The number of rotatable bonds is 4. The normalized spacial score (nSPS) is 14.7. The zero-order valence-corrected chi connectivity index (χ0v) is 16.2. The van der Waals surface area contributed by atoms with Crippen LogP contribution in [0.25, 0.3) is 0 Å². The largest absolute Gasteiger partial charge is 0.378 e. The van der Waals surface area contributed by atoms with Crippen molar-refractivity contribution in [2.75, 3.05) is 32.1 Å². The number of amides is 2. The number of hydrogen-bond donors (Lipinski definition) is 1. The molecule has 1 saturated heterocycles. The van der Waals surface area contributed by atoms with Crippen LogP contribution < -0.4 is 10.2 Å². The van der Waals surface area contributed by atoms with Gasteiger partial charge < -0.3 is 15.1 Å². The lowest BCUT2D eigenvalue weighted by Gasteiger charge is -2.32. The molecule has 27 heavy (non-hydrogen) atoms. The summed E-state index contributed by atoms with van der Waals surface area (Å²) in [6.07, 6.45) is 1.55. The molecule has 0 spiro atoms. The van der Waals surface area contributed by atoms with Gasteiger partial charge in [0.15, 0.2) is 0 Å². The number of hydrogen-bond acceptors (Lipinski definition) is 3. The molecule has 1 aliphatic heterocycles. The van der Waals surface area contributed by atoms with E-state index in [0.29, 0.717) is 18.7 Å². The molecule has 0 bridgehead atoms. The summed E-state index contributed by atoms with van der Waals surface area (Å²) in [5.74, 6) is 0.0199. The zero-order valence-electron chi connectivity index (χ0n) is 16.2. The van der Waals surface area contributed by atoms with E-state index in [2.05, 4.69) is 5.32 Å². The number of benzene rings is 2. The highest BCUT2D eigenvalue weighted by Crippen LogP contribution is 2.16. The topological polar surface area (TPSA) is 52.7 Å². The highest BCUT2D eigenvalue weighted by molar-refractivity contribution is 5.95. The average Bonchev–Trinajstić information content (AvgIpc) is 2.68. The number of piperidine rings is 1. The molecule has 0 atom stereocenters. The van der Waals surface area contributed by atoms with Crippen molar-refractivity contribution < 1.29 is 9.59 Å². The molecule has 1 heterocycles. The van der Waals surface area contributed by atoms with Crippen LogP contribution in [0.1, 0.15) is 39.1 Å². The van der Waals surface area contributed by atoms with Gasteiger partial charge in [-0.1, -0.05) is 17.7 Å². The summed E-state index contributed by atoms with van der Waals surface area (Å²) in [4.78, 5) is 29.0.